The van der Waals surface area contributed by atoms with Gasteiger partial charge in [0, 0.05) is 29.9 Å². The lowest BCUT2D eigenvalue weighted by molar-refractivity contribution is -0.145. The van der Waals surface area contributed by atoms with Crippen molar-refractivity contribution in [3.8, 4) is 16.9 Å². The number of ether oxygens (including phenoxy) is 1. The third-order valence-electron chi connectivity index (χ3n) is 6.17. The standard InChI is InChI=1S/C24H20F7N5O4S/c1-12-18(26)7-19(36(12)41(38,39)16-4-2-14(25)3-5-16)21(37)33-10-15-6-17(20(11-32-15)40-23(27)28)13-8-34-22(35-9-13)24(29,30)31/h2-6,8-9,11-12,18-19,23H,7,10H2,1H3,(H,33,37)/t12-,18+,19-/m0/s1. The van der Waals surface area contributed by atoms with Crippen molar-refractivity contribution in [3.05, 3.63) is 66.3 Å². The second-order valence-corrected chi connectivity index (χ2v) is 10.7. The summed E-state index contributed by atoms with van der Waals surface area (Å²) in [7, 11) is -4.42. The molecule has 1 saturated heterocycles. The summed E-state index contributed by atoms with van der Waals surface area (Å²) in [4.78, 5) is 23.0. The normalized spacial score (nSPS) is 19.9. The van der Waals surface area contributed by atoms with E-state index in [0.29, 0.717) is 4.31 Å². The molecular formula is C24H20F7N5O4S. The van der Waals surface area contributed by atoms with Crippen LogP contribution >= 0.6 is 0 Å². The van der Waals surface area contributed by atoms with Crippen molar-refractivity contribution in [2.75, 3.05) is 0 Å². The zero-order valence-electron chi connectivity index (χ0n) is 20.8. The van der Waals surface area contributed by atoms with Crippen molar-refractivity contribution in [2.45, 2.75) is 55.8 Å². The largest absolute Gasteiger partial charge is 0.451 e. The highest BCUT2D eigenvalue weighted by molar-refractivity contribution is 7.89. The number of nitrogens with zero attached hydrogens (tertiary/aromatic N) is 4. The molecule has 0 radical (unpaired) electrons. The summed E-state index contributed by atoms with van der Waals surface area (Å²) in [6.07, 6.45) is -4.69. The van der Waals surface area contributed by atoms with Gasteiger partial charge >= 0.3 is 12.8 Å². The smallest absolute Gasteiger partial charge is 0.433 e. The average Bonchev–Trinajstić information content (AvgIpc) is 3.22. The molecule has 4 rings (SSSR count). The fourth-order valence-electron chi connectivity index (χ4n) is 4.20. The molecule has 17 heteroatoms. The van der Waals surface area contributed by atoms with Gasteiger partial charge < -0.3 is 10.1 Å². The molecule has 0 bridgehead atoms. The van der Waals surface area contributed by atoms with E-state index in [0.717, 1.165) is 48.9 Å². The van der Waals surface area contributed by atoms with Gasteiger partial charge in [0.15, 0.2) is 5.75 Å². The quantitative estimate of drug-likeness (QED) is 0.384. The van der Waals surface area contributed by atoms with Gasteiger partial charge in [-0.1, -0.05) is 0 Å². The number of rotatable bonds is 8. The number of amides is 1. The van der Waals surface area contributed by atoms with Crippen molar-refractivity contribution >= 4 is 15.9 Å². The SMILES string of the molecule is C[C@H]1[C@H](F)C[C@@H](C(=O)NCc2cc(-c3cnc(C(F)(F)F)nc3)c(OC(F)F)cn2)N1S(=O)(=O)c1ccc(F)cc1. The second kappa shape index (κ2) is 11.6. The molecule has 0 aliphatic carbocycles. The molecule has 220 valence electrons. The number of pyridine rings is 1. The van der Waals surface area contributed by atoms with E-state index in [2.05, 4.69) is 25.0 Å². The third-order valence-corrected chi connectivity index (χ3v) is 8.18. The summed E-state index contributed by atoms with van der Waals surface area (Å²) in [5.74, 6) is -3.58. The van der Waals surface area contributed by atoms with Gasteiger partial charge in [0.25, 0.3) is 0 Å². The Labute approximate surface area is 228 Å². The van der Waals surface area contributed by atoms with Gasteiger partial charge in [-0.25, -0.2) is 27.2 Å². The van der Waals surface area contributed by atoms with Crippen molar-refractivity contribution in [1.82, 2.24) is 24.6 Å². The molecule has 3 heterocycles. The van der Waals surface area contributed by atoms with E-state index in [1.165, 1.54) is 6.92 Å². The van der Waals surface area contributed by atoms with Gasteiger partial charge in [-0.05, 0) is 37.3 Å². The van der Waals surface area contributed by atoms with E-state index in [1.54, 1.807) is 0 Å². The molecule has 3 aromatic rings. The molecule has 9 nitrogen and oxygen atoms in total. The van der Waals surface area contributed by atoms with Gasteiger partial charge in [-0.3, -0.25) is 9.78 Å². The highest BCUT2D eigenvalue weighted by Gasteiger charge is 2.49. The fraction of sp³-hybridized carbons (Fsp3) is 0.333. The lowest BCUT2D eigenvalue weighted by Crippen LogP contribution is -2.48. The van der Waals surface area contributed by atoms with Crippen LogP contribution in [-0.2, 0) is 27.5 Å². The van der Waals surface area contributed by atoms with E-state index in [9.17, 15) is 43.9 Å². The maximum atomic E-state index is 14.6. The Morgan fingerprint density at radius 2 is 1.76 bits per heavy atom. The van der Waals surface area contributed by atoms with Crippen LogP contribution in [0.5, 0.6) is 5.75 Å². The minimum absolute atomic E-state index is 0.00523. The molecule has 3 atom stereocenters. The van der Waals surface area contributed by atoms with Crippen LogP contribution in [0.2, 0.25) is 0 Å². The molecule has 1 aromatic carbocycles. The Balaban J connectivity index is 1.57. The van der Waals surface area contributed by atoms with Crippen LogP contribution in [0.25, 0.3) is 11.1 Å². The minimum Gasteiger partial charge on any atom is -0.433 e. The molecule has 1 aliphatic rings. The summed E-state index contributed by atoms with van der Waals surface area (Å²) in [5, 5.41) is 2.41. The van der Waals surface area contributed by atoms with E-state index >= 15 is 0 Å². The average molecular weight is 608 g/mol. The number of benzene rings is 1. The maximum Gasteiger partial charge on any atom is 0.451 e. The van der Waals surface area contributed by atoms with Crippen molar-refractivity contribution < 1.29 is 48.7 Å². The molecule has 1 N–H and O–H groups in total. The summed E-state index contributed by atoms with van der Waals surface area (Å²) < 4.78 is 124. The number of hydrogen-bond donors (Lipinski definition) is 1. The first kappa shape index (κ1) is 30.1. The molecule has 1 fully saturated rings. The van der Waals surface area contributed by atoms with Crippen LogP contribution < -0.4 is 10.1 Å². The topological polar surface area (TPSA) is 114 Å². The summed E-state index contributed by atoms with van der Waals surface area (Å²) in [6, 6.07) is 2.19. The minimum atomic E-state index is -4.84. The van der Waals surface area contributed by atoms with Crippen LogP contribution in [0.1, 0.15) is 24.9 Å². The van der Waals surface area contributed by atoms with Gasteiger partial charge in [-0.2, -0.15) is 26.3 Å². The second-order valence-electron chi connectivity index (χ2n) is 8.86. The number of aromatic nitrogens is 3. The maximum absolute atomic E-state index is 14.6. The van der Waals surface area contributed by atoms with Crippen molar-refractivity contribution in [1.29, 1.82) is 0 Å². The first-order valence-corrected chi connectivity index (χ1v) is 13.2. The Hall–Kier alpha value is -3.86. The molecule has 2 aromatic heterocycles. The van der Waals surface area contributed by atoms with Crippen LogP contribution in [-0.4, -0.2) is 58.4 Å². The predicted molar refractivity (Wildman–Crippen MR) is 127 cm³/mol. The lowest BCUT2D eigenvalue weighted by atomic mass is 10.1. The first-order chi connectivity index (χ1) is 19.2. The third kappa shape index (κ3) is 6.56. The molecule has 0 unspecified atom stereocenters. The molecule has 1 amide bonds. The molecule has 0 saturated carbocycles. The molecule has 41 heavy (non-hydrogen) atoms. The van der Waals surface area contributed by atoms with Crippen LogP contribution in [0.3, 0.4) is 0 Å². The molecular weight excluding hydrogens is 587 g/mol. The van der Waals surface area contributed by atoms with Crippen molar-refractivity contribution in [2.24, 2.45) is 0 Å². The number of carbonyl (C=O) groups is 1. The summed E-state index contributed by atoms with van der Waals surface area (Å²) >= 11 is 0. The van der Waals surface area contributed by atoms with Gasteiger partial charge in [0.2, 0.25) is 21.8 Å². The number of carbonyl (C=O) groups excluding carboxylic acids is 1. The van der Waals surface area contributed by atoms with Gasteiger partial charge in [0.05, 0.1) is 29.4 Å². The Bertz CT molecular complexity index is 1510. The first-order valence-electron chi connectivity index (χ1n) is 11.7. The van der Waals surface area contributed by atoms with E-state index in [4.69, 9.17) is 0 Å². The number of halogens is 7. The molecule has 1 aliphatic heterocycles. The number of nitrogens with one attached hydrogen (secondary N) is 1. The Kier molecular flexibility index (Phi) is 8.49. The van der Waals surface area contributed by atoms with E-state index < -0.39 is 77.3 Å². The Morgan fingerprint density at radius 1 is 1.12 bits per heavy atom. The summed E-state index contributed by atoms with van der Waals surface area (Å²) in [5.41, 5.74) is -0.298. The van der Waals surface area contributed by atoms with Crippen LogP contribution in [0.4, 0.5) is 30.7 Å². The van der Waals surface area contributed by atoms with E-state index in [-0.39, 0.29) is 21.7 Å². The predicted octanol–water partition coefficient (Wildman–Crippen LogP) is 4.10. The highest BCUT2D eigenvalue weighted by atomic mass is 32.2. The summed E-state index contributed by atoms with van der Waals surface area (Å²) in [6.45, 7) is -2.43. The monoisotopic (exact) mass is 607 g/mol. The molecule has 0 spiro atoms. The number of hydrogen-bond acceptors (Lipinski definition) is 7. The van der Waals surface area contributed by atoms with Crippen molar-refractivity contribution in [3.63, 3.8) is 0 Å². The zero-order chi connectivity index (χ0) is 30.1. The van der Waals surface area contributed by atoms with Crippen LogP contribution in [0, 0.1) is 5.82 Å². The van der Waals surface area contributed by atoms with Gasteiger partial charge in [-0.15, -0.1) is 0 Å². The van der Waals surface area contributed by atoms with Gasteiger partial charge in [0.1, 0.15) is 18.0 Å². The Morgan fingerprint density at radius 3 is 2.34 bits per heavy atom. The fourth-order valence-corrected chi connectivity index (χ4v) is 6.01. The van der Waals surface area contributed by atoms with Crippen LogP contribution in [0.15, 0.2) is 53.8 Å². The lowest BCUT2D eigenvalue weighted by Gasteiger charge is -2.26. The zero-order valence-corrected chi connectivity index (χ0v) is 21.6. The van der Waals surface area contributed by atoms with E-state index in [1.807, 2.05) is 0 Å². The number of alkyl halides is 6. The number of sulfonamides is 1. The highest BCUT2D eigenvalue weighted by Crippen LogP contribution is 2.34.